The molecule has 3 rings (SSSR count). The summed E-state index contributed by atoms with van der Waals surface area (Å²) < 4.78 is 2.78. The van der Waals surface area contributed by atoms with Gasteiger partial charge in [-0.15, -0.1) is 5.10 Å². The summed E-state index contributed by atoms with van der Waals surface area (Å²) >= 11 is 3.33. The average molecular weight is 270 g/mol. The molecule has 2 aliphatic carbocycles. The number of hydrogen-bond acceptors (Lipinski definition) is 2. The molecule has 2 aliphatic rings. The minimum Gasteiger partial charge on any atom is -0.249 e. The summed E-state index contributed by atoms with van der Waals surface area (Å²) in [7, 11) is 0. The van der Waals surface area contributed by atoms with Gasteiger partial charge in [0.25, 0.3) is 0 Å². The molecule has 0 aliphatic heterocycles. The van der Waals surface area contributed by atoms with Crippen LogP contribution in [-0.2, 0) is 6.54 Å². The van der Waals surface area contributed by atoms with Crippen molar-refractivity contribution in [1.29, 1.82) is 0 Å². The molecule has 1 unspecified atom stereocenters. The van der Waals surface area contributed by atoms with Crippen molar-refractivity contribution < 1.29 is 0 Å². The van der Waals surface area contributed by atoms with E-state index in [1.165, 1.54) is 25.7 Å². The zero-order valence-electron chi connectivity index (χ0n) is 8.99. The zero-order valence-corrected chi connectivity index (χ0v) is 10.6. The smallest absolute Gasteiger partial charge is 0.217 e. The van der Waals surface area contributed by atoms with E-state index in [0.29, 0.717) is 0 Å². The van der Waals surface area contributed by atoms with Crippen molar-refractivity contribution >= 4 is 15.9 Å². The van der Waals surface area contributed by atoms with Crippen molar-refractivity contribution in [1.82, 2.24) is 14.8 Å². The molecule has 0 spiro atoms. The first-order valence-electron chi connectivity index (χ1n) is 5.79. The summed E-state index contributed by atoms with van der Waals surface area (Å²) in [5, 5.41) is 4.37. The number of hydrogen-bond donors (Lipinski definition) is 0. The highest BCUT2D eigenvalue weighted by molar-refractivity contribution is 9.10. The van der Waals surface area contributed by atoms with Crippen LogP contribution >= 0.6 is 15.9 Å². The van der Waals surface area contributed by atoms with Gasteiger partial charge in [0.1, 0.15) is 5.82 Å². The monoisotopic (exact) mass is 269 g/mol. The molecule has 3 atom stereocenters. The third-order valence-electron chi connectivity index (χ3n) is 4.11. The molecule has 0 N–H and O–H groups in total. The maximum Gasteiger partial charge on any atom is 0.217 e. The third kappa shape index (κ3) is 1.73. The molecule has 2 saturated carbocycles. The second-order valence-corrected chi connectivity index (χ2v) is 5.75. The van der Waals surface area contributed by atoms with E-state index in [1.54, 1.807) is 0 Å². The lowest BCUT2D eigenvalue weighted by atomic mass is 9.77. The van der Waals surface area contributed by atoms with Crippen LogP contribution in [0.3, 0.4) is 0 Å². The SMILES string of the molecule is Cc1nc(Br)nn1CC1C[C@H]2CC[C@H]2C1. The van der Waals surface area contributed by atoms with E-state index in [4.69, 9.17) is 0 Å². The number of halogens is 1. The van der Waals surface area contributed by atoms with Gasteiger partial charge < -0.3 is 0 Å². The quantitative estimate of drug-likeness (QED) is 0.827. The van der Waals surface area contributed by atoms with E-state index in [-0.39, 0.29) is 0 Å². The number of fused-ring (bicyclic) bond motifs is 1. The Morgan fingerprint density at radius 1 is 1.33 bits per heavy atom. The average Bonchev–Trinajstić information content (AvgIpc) is 2.59. The molecule has 1 aromatic heterocycles. The van der Waals surface area contributed by atoms with Crippen LogP contribution in [0, 0.1) is 24.7 Å². The molecule has 3 nitrogen and oxygen atoms in total. The van der Waals surface area contributed by atoms with Crippen LogP contribution in [0.1, 0.15) is 31.5 Å². The van der Waals surface area contributed by atoms with Crippen molar-refractivity contribution in [3.8, 4) is 0 Å². The van der Waals surface area contributed by atoms with E-state index >= 15 is 0 Å². The lowest BCUT2D eigenvalue weighted by molar-refractivity contribution is 0.219. The van der Waals surface area contributed by atoms with Crippen LogP contribution in [0.25, 0.3) is 0 Å². The highest BCUT2D eigenvalue weighted by atomic mass is 79.9. The molecule has 0 aromatic carbocycles. The summed E-state index contributed by atoms with van der Waals surface area (Å²) in [4.78, 5) is 4.28. The lowest BCUT2D eigenvalue weighted by Crippen LogP contribution is -2.18. The maximum atomic E-state index is 4.37. The van der Waals surface area contributed by atoms with Gasteiger partial charge in [0.15, 0.2) is 0 Å². The largest absolute Gasteiger partial charge is 0.249 e. The Bertz CT molecular complexity index is 362. The van der Waals surface area contributed by atoms with Gasteiger partial charge in [-0.05, 0) is 66.3 Å². The number of aromatic nitrogens is 3. The number of rotatable bonds is 2. The number of aryl methyl sites for hydroxylation is 1. The maximum absolute atomic E-state index is 4.37. The Hall–Kier alpha value is -0.380. The van der Waals surface area contributed by atoms with Gasteiger partial charge in [0.2, 0.25) is 4.73 Å². The van der Waals surface area contributed by atoms with Gasteiger partial charge in [0.05, 0.1) is 0 Å². The molecule has 0 bridgehead atoms. The van der Waals surface area contributed by atoms with Crippen LogP contribution in [0.15, 0.2) is 4.73 Å². The van der Waals surface area contributed by atoms with E-state index < -0.39 is 0 Å². The fourth-order valence-electron chi connectivity index (χ4n) is 3.16. The highest BCUT2D eigenvalue weighted by Gasteiger charge is 2.40. The highest BCUT2D eigenvalue weighted by Crippen LogP contribution is 2.49. The van der Waals surface area contributed by atoms with Crippen molar-refractivity contribution in [2.45, 2.75) is 39.2 Å². The minimum absolute atomic E-state index is 0.723. The standard InChI is InChI=1S/C11H16BrN3/c1-7-13-11(12)14-15(7)6-8-4-9-2-3-10(9)5-8/h8-10H,2-6H2,1H3/t8?,9-,10+. The summed E-state index contributed by atoms with van der Waals surface area (Å²) in [6, 6.07) is 0. The van der Waals surface area contributed by atoms with Crippen molar-refractivity contribution in [2.75, 3.05) is 0 Å². The molecule has 1 heterocycles. The molecule has 4 heteroatoms. The first-order valence-corrected chi connectivity index (χ1v) is 6.58. The topological polar surface area (TPSA) is 30.7 Å². The van der Waals surface area contributed by atoms with E-state index in [0.717, 1.165) is 34.9 Å². The van der Waals surface area contributed by atoms with Gasteiger partial charge in [-0.3, -0.25) is 0 Å². The van der Waals surface area contributed by atoms with Crippen LogP contribution in [0.2, 0.25) is 0 Å². The molecular formula is C11H16BrN3. The van der Waals surface area contributed by atoms with Gasteiger partial charge in [-0.25, -0.2) is 9.67 Å². The van der Waals surface area contributed by atoms with Gasteiger partial charge in [0, 0.05) is 6.54 Å². The van der Waals surface area contributed by atoms with Crippen LogP contribution in [0.5, 0.6) is 0 Å². The predicted octanol–water partition coefficient (Wildman–Crippen LogP) is 2.79. The summed E-state index contributed by atoms with van der Waals surface area (Å²) in [5.74, 6) is 3.96. The molecule has 0 amide bonds. The Morgan fingerprint density at radius 3 is 2.47 bits per heavy atom. The Labute approximate surface area is 98.4 Å². The van der Waals surface area contributed by atoms with Gasteiger partial charge >= 0.3 is 0 Å². The minimum atomic E-state index is 0.723. The molecule has 0 saturated heterocycles. The molecule has 1 aromatic rings. The van der Waals surface area contributed by atoms with Crippen molar-refractivity contribution in [3.05, 3.63) is 10.6 Å². The number of nitrogens with zero attached hydrogens (tertiary/aromatic N) is 3. The van der Waals surface area contributed by atoms with Crippen molar-refractivity contribution in [3.63, 3.8) is 0 Å². The van der Waals surface area contributed by atoms with E-state index in [1.807, 2.05) is 6.92 Å². The van der Waals surface area contributed by atoms with Gasteiger partial charge in [-0.1, -0.05) is 0 Å². The first-order chi connectivity index (χ1) is 7.22. The second-order valence-electron chi connectivity index (χ2n) is 5.05. The molecule has 15 heavy (non-hydrogen) atoms. The predicted molar refractivity (Wildman–Crippen MR) is 61.4 cm³/mol. The molecule has 0 radical (unpaired) electrons. The summed E-state index contributed by atoms with van der Waals surface area (Å²) in [5.41, 5.74) is 0. The van der Waals surface area contributed by atoms with Crippen molar-refractivity contribution in [2.24, 2.45) is 17.8 Å². The van der Waals surface area contributed by atoms with E-state index in [2.05, 4.69) is 30.7 Å². The third-order valence-corrected chi connectivity index (χ3v) is 4.44. The Kier molecular flexibility index (Phi) is 2.34. The molecular weight excluding hydrogens is 254 g/mol. The Balaban J connectivity index is 1.68. The fraction of sp³-hybridized carbons (Fsp3) is 0.818. The van der Waals surface area contributed by atoms with Crippen LogP contribution in [0.4, 0.5) is 0 Å². The van der Waals surface area contributed by atoms with Crippen LogP contribution in [-0.4, -0.2) is 14.8 Å². The first kappa shape index (κ1) is 9.82. The molecule has 82 valence electrons. The second kappa shape index (κ2) is 3.58. The summed E-state index contributed by atoms with van der Waals surface area (Å²) in [6.45, 7) is 3.10. The Morgan fingerprint density at radius 2 is 2.00 bits per heavy atom. The lowest BCUT2D eigenvalue weighted by Gasteiger charge is -2.29. The normalized spacial score (nSPS) is 33.9. The van der Waals surface area contributed by atoms with E-state index in [9.17, 15) is 0 Å². The zero-order chi connectivity index (χ0) is 10.4. The summed E-state index contributed by atoms with van der Waals surface area (Å²) in [6.07, 6.45) is 5.78. The van der Waals surface area contributed by atoms with Gasteiger partial charge in [-0.2, -0.15) is 0 Å². The van der Waals surface area contributed by atoms with Crippen LogP contribution < -0.4 is 0 Å². The fourth-order valence-corrected chi connectivity index (χ4v) is 3.61. The molecule has 2 fully saturated rings.